The first-order valence-corrected chi connectivity index (χ1v) is 9.05. The number of rotatable bonds is 2. The van der Waals surface area contributed by atoms with Crippen LogP contribution in [0.3, 0.4) is 0 Å². The van der Waals surface area contributed by atoms with Gasteiger partial charge in [0, 0.05) is 11.1 Å². The maximum atomic E-state index is 12.2. The SMILES string of the molecule is O=C(NC1CCS(=O)(=O)C1)C1COc2ccc(Cl)cc2C1. The van der Waals surface area contributed by atoms with Crippen LogP contribution in [-0.2, 0) is 21.1 Å². The van der Waals surface area contributed by atoms with Crippen molar-refractivity contribution in [2.24, 2.45) is 5.92 Å². The van der Waals surface area contributed by atoms with Crippen LogP contribution in [0.25, 0.3) is 0 Å². The van der Waals surface area contributed by atoms with Crippen molar-refractivity contribution in [2.45, 2.75) is 18.9 Å². The van der Waals surface area contributed by atoms with E-state index in [4.69, 9.17) is 16.3 Å². The molecular formula is C14H16ClNO4S. The van der Waals surface area contributed by atoms with E-state index < -0.39 is 9.84 Å². The fourth-order valence-electron chi connectivity index (χ4n) is 2.76. The molecule has 1 amide bonds. The van der Waals surface area contributed by atoms with E-state index in [1.54, 1.807) is 18.2 Å². The number of hydrogen-bond donors (Lipinski definition) is 1. The van der Waals surface area contributed by atoms with Crippen molar-refractivity contribution < 1.29 is 17.9 Å². The van der Waals surface area contributed by atoms with Gasteiger partial charge in [-0.1, -0.05) is 11.6 Å². The highest BCUT2D eigenvalue weighted by atomic mass is 35.5. The van der Waals surface area contributed by atoms with Crippen molar-refractivity contribution in [3.63, 3.8) is 0 Å². The molecular weight excluding hydrogens is 314 g/mol. The minimum Gasteiger partial charge on any atom is -0.492 e. The number of nitrogens with one attached hydrogen (secondary N) is 1. The minimum absolute atomic E-state index is 0.0364. The Morgan fingerprint density at radius 1 is 1.38 bits per heavy atom. The van der Waals surface area contributed by atoms with Gasteiger partial charge in [0.1, 0.15) is 12.4 Å². The normalized spacial score (nSPS) is 26.7. The lowest BCUT2D eigenvalue weighted by molar-refractivity contribution is -0.126. The summed E-state index contributed by atoms with van der Waals surface area (Å²) in [5.41, 5.74) is 0.910. The molecule has 2 heterocycles. The van der Waals surface area contributed by atoms with Crippen molar-refractivity contribution in [1.82, 2.24) is 5.32 Å². The number of ether oxygens (including phenoxy) is 1. The number of hydrogen-bond acceptors (Lipinski definition) is 4. The zero-order valence-corrected chi connectivity index (χ0v) is 12.9. The fourth-order valence-corrected chi connectivity index (χ4v) is 4.63. The first kappa shape index (κ1) is 14.7. The molecule has 1 N–H and O–H groups in total. The van der Waals surface area contributed by atoms with Gasteiger partial charge in [-0.05, 0) is 36.6 Å². The van der Waals surface area contributed by atoms with Gasteiger partial charge in [-0.15, -0.1) is 0 Å². The summed E-state index contributed by atoms with van der Waals surface area (Å²) in [6.45, 7) is 0.305. The van der Waals surface area contributed by atoms with Gasteiger partial charge in [-0.25, -0.2) is 8.42 Å². The van der Waals surface area contributed by atoms with Crippen LogP contribution in [0.4, 0.5) is 0 Å². The van der Waals surface area contributed by atoms with Gasteiger partial charge in [0.15, 0.2) is 9.84 Å². The Morgan fingerprint density at radius 2 is 2.19 bits per heavy atom. The number of carbonyl (C=O) groups excluding carboxylic acids is 1. The largest absolute Gasteiger partial charge is 0.492 e. The van der Waals surface area contributed by atoms with E-state index in [0.29, 0.717) is 24.5 Å². The Balaban J connectivity index is 1.64. The van der Waals surface area contributed by atoms with Crippen molar-refractivity contribution in [2.75, 3.05) is 18.1 Å². The van der Waals surface area contributed by atoms with E-state index in [0.717, 1.165) is 11.3 Å². The van der Waals surface area contributed by atoms with Crippen molar-refractivity contribution >= 4 is 27.3 Å². The van der Waals surface area contributed by atoms with Crippen molar-refractivity contribution in [3.8, 4) is 5.75 Å². The molecule has 0 aromatic heterocycles. The molecule has 0 saturated carbocycles. The summed E-state index contributed by atoms with van der Waals surface area (Å²) in [4.78, 5) is 12.2. The Kier molecular flexibility index (Phi) is 3.84. The maximum Gasteiger partial charge on any atom is 0.227 e. The third-order valence-corrected chi connectivity index (χ3v) is 5.88. The topological polar surface area (TPSA) is 72.5 Å². The monoisotopic (exact) mass is 329 g/mol. The molecule has 2 aliphatic rings. The molecule has 0 aliphatic carbocycles. The number of fused-ring (bicyclic) bond motifs is 1. The molecule has 0 radical (unpaired) electrons. The quantitative estimate of drug-likeness (QED) is 0.884. The molecule has 2 unspecified atom stereocenters. The van der Waals surface area contributed by atoms with Gasteiger partial charge in [0.25, 0.3) is 0 Å². The van der Waals surface area contributed by atoms with E-state index in [1.165, 1.54) is 0 Å². The molecule has 1 aromatic rings. The van der Waals surface area contributed by atoms with Gasteiger partial charge in [-0.3, -0.25) is 4.79 Å². The molecule has 21 heavy (non-hydrogen) atoms. The molecule has 0 bridgehead atoms. The highest BCUT2D eigenvalue weighted by Crippen LogP contribution is 2.30. The summed E-state index contributed by atoms with van der Waals surface area (Å²) < 4.78 is 28.4. The van der Waals surface area contributed by atoms with Gasteiger partial charge in [0.05, 0.1) is 17.4 Å². The highest BCUT2D eigenvalue weighted by Gasteiger charge is 2.32. The Bertz CT molecular complexity index is 674. The van der Waals surface area contributed by atoms with Crippen LogP contribution < -0.4 is 10.1 Å². The summed E-state index contributed by atoms with van der Waals surface area (Å²) in [7, 11) is -2.99. The lowest BCUT2D eigenvalue weighted by atomic mass is 9.95. The van der Waals surface area contributed by atoms with Crippen LogP contribution in [0.15, 0.2) is 18.2 Å². The van der Waals surface area contributed by atoms with Gasteiger partial charge in [0.2, 0.25) is 5.91 Å². The fraction of sp³-hybridized carbons (Fsp3) is 0.500. The summed E-state index contributed by atoms with van der Waals surface area (Å²) in [5, 5.41) is 3.43. The van der Waals surface area contributed by atoms with Crippen molar-refractivity contribution in [1.29, 1.82) is 0 Å². The number of benzene rings is 1. The van der Waals surface area contributed by atoms with E-state index in [9.17, 15) is 13.2 Å². The molecule has 2 aliphatic heterocycles. The first-order valence-electron chi connectivity index (χ1n) is 6.85. The third kappa shape index (κ3) is 3.32. The molecule has 5 nitrogen and oxygen atoms in total. The first-order chi connectivity index (χ1) is 9.93. The number of amides is 1. The summed E-state index contributed by atoms with van der Waals surface area (Å²) >= 11 is 5.95. The maximum absolute atomic E-state index is 12.2. The van der Waals surface area contributed by atoms with Crippen LogP contribution in [0.2, 0.25) is 5.02 Å². The average molecular weight is 330 g/mol. The second-order valence-electron chi connectivity index (χ2n) is 5.57. The molecule has 2 atom stereocenters. The number of sulfone groups is 1. The Hall–Kier alpha value is -1.27. The van der Waals surface area contributed by atoms with E-state index in [1.807, 2.05) is 0 Å². The summed E-state index contributed by atoms with van der Waals surface area (Å²) in [5.74, 6) is 0.487. The van der Waals surface area contributed by atoms with Crippen LogP contribution in [0, 0.1) is 5.92 Å². The van der Waals surface area contributed by atoms with E-state index >= 15 is 0 Å². The molecule has 1 saturated heterocycles. The van der Waals surface area contributed by atoms with Gasteiger partial charge in [-0.2, -0.15) is 0 Å². The zero-order valence-electron chi connectivity index (χ0n) is 11.3. The second kappa shape index (κ2) is 5.50. The molecule has 7 heteroatoms. The van der Waals surface area contributed by atoms with Crippen LogP contribution in [0.1, 0.15) is 12.0 Å². The van der Waals surface area contributed by atoms with E-state index in [2.05, 4.69) is 5.32 Å². The predicted octanol–water partition coefficient (Wildman–Crippen LogP) is 1.19. The standard InChI is InChI=1S/C14H16ClNO4S/c15-11-1-2-13-9(6-11)5-10(7-20-13)14(17)16-12-3-4-21(18,19)8-12/h1-2,6,10,12H,3-5,7-8H2,(H,16,17). The van der Waals surface area contributed by atoms with Gasteiger partial charge < -0.3 is 10.1 Å². The lowest BCUT2D eigenvalue weighted by Gasteiger charge is -2.25. The second-order valence-corrected chi connectivity index (χ2v) is 8.24. The Labute approximate surface area is 128 Å². The van der Waals surface area contributed by atoms with Crippen LogP contribution in [0.5, 0.6) is 5.75 Å². The highest BCUT2D eigenvalue weighted by molar-refractivity contribution is 7.91. The van der Waals surface area contributed by atoms with Crippen molar-refractivity contribution in [3.05, 3.63) is 28.8 Å². The van der Waals surface area contributed by atoms with Gasteiger partial charge >= 0.3 is 0 Å². The predicted molar refractivity (Wildman–Crippen MR) is 79.3 cm³/mol. The lowest BCUT2D eigenvalue weighted by Crippen LogP contribution is -2.43. The average Bonchev–Trinajstić information content (AvgIpc) is 2.77. The van der Waals surface area contributed by atoms with Crippen LogP contribution in [-0.4, -0.2) is 38.5 Å². The number of carbonyl (C=O) groups is 1. The van der Waals surface area contributed by atoms with Crippen LogP contribution >= 0.6 is 11.6 Å². The molecule has 1 aromatic carbocycles. The number of halogens is 1. The minimum atomic E-state index is -2.99. The zero-order chi connectivity index (χ0) is 15.0. The third-order valence-electron chi connectivity index (χ3n) is 3.88. The van der Waals surface area contributed by atoms with E-state index in [-0.39, 0.29) is 29.4 Å². The Morgan fingerprint density at radius 3 is 2.90 bits per heavy atom. The smallest absolute Gasteiger partial charge is 0.227 e. The summed E-state index contributed by atoms with van der Waals surface area (Å²) in [6, 6.07) is 5.08. The molecule has 1 fully saturated rings. The molecule has 114 valence electrons. The molecule has 0 spiro atoms. The summed E-state index contributed by atoms with van der Waals surface area (Å²) in [6.07, 6.45) is 1.05. The molecule has 3 rings (SSSR count).